The largest absolute Gasteiger partial charge is 0.415 e. The highest BCUT2D eigenvalue weighted by Gasteiger charge is 2.38. The predicted molar refractivity (Wildman–Crippen MR) is 151 cm³/mol. The zero-order chi connectivity index (χ0) is 28.8. The normalized spacial score (nSPS) is 16.3. The Balaban J connectivity index is 0.00000181. The van der Waals surface area contributed by atoms with Gasteiger partial charge in [-0.05, 0) is 86.9 Å². The van der Waals surface area contributed by atoms with Gasteiger partial charge in [-0.2, -0.15) is 8.78 Å². The van der Waals surface area contributed by atoms with Gasteiger partial charge in [-0.15, -0.1) is 10.2 Å². The van der Waals surface area contributed by atoms with E-state index < -0.39 is 24.0 Å². The number of hydrogen-bond acceptors (Lipinski definition) is 7. The second-order valence-electron chi connectivity index (χ2n) is 9.48. The van der Waals surface area contributed by atoms with Crippen molar-refractivity contribution in [3.05, 3.63) is 64.5 Å². The zero-order valence-corrected chi connectivity index (χ0v) is 23.7. The van der Waals surface area contributed by atoms with Crippen LogP contribution in [0.2, 0.25) is 17.7 Å². The van der Waals surface area contributed by atoms with Gasteiger partial charge in [-0.1, -0.05) is 31.5 Å². The Labute approximate surface area is 240 Å². The molecule has 2 aliphatic rings. The van der Waals surface area contributed by atoms with Gasteiger partial charge in [0.2, 0.25) is 5.89 Å². The average molecular weight is 594 g/mol. The highest BCUT2D eigenvalue weighted by Crippen LogP contribution is 2.37. The van der Waals surface area contributed by atoms with Gasteiger partial charge in [-0.3, -0.25) is 0 Å². The third kappa shape index (κ3) is 7.11. The molecule has 3 aromatic rings. The first kappa shape index (κ1) is 30.2. The second-order valence-corrected chi connectivity index (χ2v) is 11.2. The summed E-state index contributed by atoms with van der Waals surface area (Å²) in [5.74, 6) is 0.208. The number of anilines is 1. The van der Waals surface area contributed by atoms with Crippen molar-refractivity contribution in [1.82, 2.24) is 15.1 Å². The maximum atomic E-state index is 15.2. The van der Waals surface area contributed by atoms with E-state index in [0.717, 1.165) is 38.6 Å². The smallest absolute Gasteiger partial charge is 0.314 e. The summed E-state index contributed by atoms with van der Waals surface area (Å²) in [6.07, 6.45) is 0.792. The number of alkyl halides is 2. The Kier molecular flexibility index (Phi) is 10.4. The lowest BCUT2D eigenvalue weighted by molar-refractivity contribution is 0.116. The molecule has 2 fully saturated rings. The molecular weight excluding hydrogens is 565 g/mol. The Morgan fingerprint density at radius 2 is 1.85 bits per heavy atom. The lowest BCUT2D eigenvalue weighted by atomic mass is 9.34. The molecule has 0 amide bonds. The van der Waals surface area contributed by atoms with Gasteiger partial charge in [0.15, 0.2) is 0 Å². The Morgan fingerprint density at radius 1 is 1.12 bits per heavy atom. The summed E-state index contributed by atoms with van der Waals surface area (Å²) < 4.78 is 61.4. The number of aromatic nitrogens is 2. The molecule has 1 aromatic heterocycles. The van der Waals surface area contributed by atoms with Gasteiger partial charge in [0.25, 0.3) is 12.6 Å². The highest BCUT2D eigenvalue weighted by molar-refractivity contribution is 8.01. The fraction of sp³-hybridized carbons (Fsp3) is 0.444. The molecule has 2 saturated heterocycles. The summed E-state index contributed by atoms with van der Waals surface area (Å²) in [4.78, 5) is 2.44. The van der Waals surface area contributed by atoms with Crippen molar-refractivity contribution < 1.29 is 22.0 Å². The number of rotatable bonds is 8. The number of piperidine rings is 1. The highest BCUT2D eigenvalue weighted by atomic mass is 35.5. The van der Waals surface area contributed by atoms with Gasteiger partial charge in [0.05, 0.1) is 11.6 Å². The van der Waals surface area contributed by atoms with Gasteiger partial charge in [-0.25, -0.2) is 14.0 Å². The van der Waals surface area contributed by atoms with Crippen molar-refractivity contribution in [3.63, 3.8) is 0 Å². The zero-order valence-electron chi connectivity index (χ0n) is 22.2. The maximum absolute atomic E-state index is 15.2. The molecule has 0 atom stereocenters. The lowest BCUT2D eigenvalue weighted by Crippen LogP contribution is -2.51. The quantitative estimate of drug-likeness (QED) is 0.151. The fourth-order valence-electron chi connectivity index (χ4n) is 4.75. The molecule has 13 heteroatoms. The third-order valence-corrected chi connectivity index (χ3v) is 8.65. The molecule has 0 N–H and O–H groups in total. The van der Waals surface area contributed by atoms with E-state index in [1.165, 1.54) is 24.3 Å². The number of nitriles is 1. The van der Waals surface area contributed by atoms with E-state index in [-0.39, 0.29) is 35.0 Å². The number of halogens is 5. The van der Waals surface area contributed by atoms with Crippen molar-refractivity contribution in [2.24, 2.45) is 0 Å². The van der Waals surface area contributed by atoms with Crippen molar-refractivity contribution in [1.29, 1.82) is 5.26 Å². The van der Waals surface area contributed by atoms with Gasteiger partial charge in [0.1, 0.15) is 11.6 Å². The molecule has 5 rings (SSSR count). The molecule has 0 radical (unpaired) electrons. The van der Waals surface area contributed by atoms with Crippen LogP contribution < -0.4 is 4.31 Å². The Morgan fingerprint density at radius 3 is 2.45 bits per heavy atom. The van der Waals surface area contributed by atoms with E-state index in [2.05, 4.69) is 21.1 Å². The number of hydrogen-bond donors (Lipinski definition) is 0. The summed E-state index contributed by atoms with van der Waals surface area (Å²) >= 11 is 7.63. The summed E-state index contributed by atoms with van der Waals surface area (Å²) in [7, 11) is 0. The van der Waals surface area contributed by atoms with Crippen LogP contribution in [0.1, 0.15) is 44.6 Å². The first-order chi connectivity index (χ1) is 19.3. The number of likely N-dealkylation sites (tertiary alicyclic amines) is 1. The molecule has 2 aliphatic heterocycles. The minimum absolute atomic E-state index is 0.0259. The number of benzene rings is 2. The predicted octanol–water partition coefficient (Wildman–Crippen LogP) is 7.69. The first-order valence-corrected chi connectivity index (χ1v) is 14.5. The molecule has 212 valence electrons. The minimum atomic E-state index is -2.91. The molecule has 3 heterocycles. The van der Waals surface area contributed by atoms with Gasteiger partial charge in [0, 0.05) is 28.0 Å². The van der Waals surface area contributed by atoms with Crippen LogP contribution in [0.5, 0.6) is 0 Å². The fourth-order valence-corrected chi connectivity index (χ4v) is 6.16. The minimum Gasteiger partial charge on any atom is -0.415 e. The molecule has 6 nitrogen and oxygen atoms in total. The van der Waals surface area contributed by atoms with Crippen molar-refractivity contribution in [2.45, 2.75) is 63.6 Å². The third-order valence-electron chi connectivity index (χ3n) is 7.00. The van der Waals surface area contributed by atoms with E-state index in [0.29, 0.717) is 17.3 Å². The second kappa shape index (κ2) is 13.7. The SMILES string of the molecule is CC.N#CB1CC(N2CCC(SN(Cc3ccc(-c4nnc(C(F)F)o4)cc3F)c3ccc(F)c(Cl)c3)CC2)C1. The summed E-state index contributed by atoms with van der Waals surface area (Å²) in [6, 6.07) is 9.13. The van der Waals surface area contributed by atoms with E-state index in [1.807, 2.05) is 18.2 Å². The van der Waals surface area contributed by atoms with E-state index in [9.17, 15) is 13.2 Å². The first-order valence-electron chi connectivity index (χ1n) is 13.2. The summed E-state index contributed by atoms with van der Waals surface area (Å²) in [6.45, 7) is 6.18. The van der Waals surface area contributed by atoms with Gasteiger partial charge < -0.3 is 13.6 Å². The Hall–Kier alpha value is -2.75. The average Bonchev–Trinajstić information content (AvgIpc) is 3.43. The van der Waals surface area contributed by atoms with E-state index in [4.69, 9.17) is 21.3 Å². The van der Waals surface area contributed by atoms with Crippen LogP contribution in [0.15, 0.2) is 40.8 Å². The molecule has 2 aromatic carbocycles. The van der Waals surface area contributed by atoms with Crippen molar-refractivity contribution in [3.8, 4) is 17.4 Å². The van der Waals surface area contributed by atoms with Crippen molar-refractivity contribution in [2.75, 3.05) is 17.4 Å². The Bertz CT molecular complexity index is 1330. The van der Waals surface area contributed by atoms with Crippen molar-refractivity contribution >= 4 is 35.9 Å². The molecule has 0 aliphatic carbocycles. The summed E-state index contributed by atoms with van der Waals surface area (Å²) in [5, 5.41) is 16.1. The van der Waals surface area contributed by atoms with E-state index in [1.54, 1.807) is 24.1 Å². The molecular formula is C27H29BClF4N5OS. The molecule has 0 bridgehead atoms. The van der Waals surface area contributed by atoms with Crippen LogP contribution in [-0.2, 0) is 6.54 Å². The number of nitrogens with zero attached hydrogens (tertiary/aromatic N) is 5. The van der Waals surface area contributed by atoms with Gasteiger partial charge >= 0.3 is 6.43 Å². The molecule has 40 heavy (non-hydrogen) atoms. The molecule has 0 saturated carbocycles. The maximum Gasteiger partial charge on any atom is 0.314 e. The topological polar surface area (TPSA) is 69.2 Å². The van der Waals surface area contributed by atoms with E-state index >= 15 is 4.39 Å². The van der Waals surface area contributed by atoms with Crippen LogP contribution >= 0.6 is 23.5 Å². The van der Waals surface area contributed by atoms with Crippen LogP contribution in [0.4, 0.5) is 23.2 Å². The lowest BCUT2D eigenvalue weighted by Gasteiger charge is -2.43. The van der Waals surface area contributed by atoms with Crippen LogP contribution in [0, 0.1) is 22.9 Å². The van der Waals surface area contributed by atoms with Crippen LogP contribution in [0.3, 0.4) is 0 Å². The standard InChI is InChI=1S/C25H23BClF4N5OS.C2H6/c27-20-10-17(3-4-21(20)28)36(38-19-5-7-35(8-6-19)18-11-26(12-18)14-32)13-16-2-1-15(9-22(16)29)24-33-34-25(37-24)23(30)31;1-2/h1-4,9-10,18-19,23H,5-8,11-13H2;1-2H3. The van der Waals surface area contributed by atoms with Crippen LogP contribution in [0.25, 0.3) is 11.5 Å². The van der Waals surface area contributed by atoms with Crippen LogP contribution in [-0.4, -0.2) is 46.2 Å². The summed E-state index contributed by atoms with van der Waals surface area (Å²) in [5.41, 5.74) is 1.18. The molecule has 0 unspecified atom stereocenters. The molecule has 0 spiro atoms. The monoisotopic (exact) mass is 593 g/mol.